The van der Waals surface area contributed by atoms with Crippen molar-refractivity contribution in [3.05, 3.63) is 24.5 Å². The summed E-state index contributed by atoms with van der Waals surface area (Å²) in [5.74, 6) is 0.562. The highest BCUT2D eigenvalue weighted by atomic mass is 32.1. The number of nitrogens with zero attached hydrogens (tertiary/aromatic N) is 2. The molecule has 0 saturated heterocycles. The zero-order chi connectivity index (χ0) is 13.9. The Morgan fingerprint density at radius 3 is 3.05 bits per heavy atom. The Balaban J connectivity index is 1.81. The van der Waals surface area contributed by atoms with E-state index in [4.69, 9.17) is 10.5 Å². The summed E-state index contributed by atoms with van der Waals surface area (Å²) in [6, 6.07) is 4.34. The standard InChI is InChI=1S/C14H18N4OS/c1-19-11-5-4-10(7-11)17-14-12(13(15)18-20-14)9-3-2-6-16-8-9/h2-3,6,8,10-11,17H,4-5,7H2,1H3,(H2,15,18). The van der Waals surface area contributed by atoms with Crippen LogP contribution in [0, 0.1) is 0 Å². The van der Waals surface area contributed by atoms with Crippen LogP contribution in [0.4, 0.5) is 10.8 Å². The Bertz CT molecular complexity index is 572. The van der Waals surface area contributed by atoms with Gasteiger partial charge in [-0.15, -0.1) is 0 Å². The van der Waals surface area contributed by atoms with Crippen LogP contribution in [0.5, 0.6) is 0 Å². The van der Waals surface area contributed by atoms with E-state index < -0.39 is 0 Å². The number of methoxy groups -OCH3 is 1. The average Bonchev–Trinajstić information content (AvgIpc) is 3.07. The number of nitrogens with one attached hydrogen (secondary N) is 1. The summed E-state index contributed by atoms with van der Waals surface area (Å²) in [5, 5.41) is 4.59. The molecule has 2 aromatic rings. The zero-order valence-electron chi connectivity index (χ0n) is 11.4. The molecule has 1 aliphatic rings. The molecule has 0 aromatic carbocycles. The van der Waals surface area contributed by atoms with Crippen molar-refractivity contribution in [2.24, 2.45) is 0 Å². The first-order valence-corrected chi connectivity index (χ1v) is 7.50. The number of rotatable bonds is 4. The number of hydrogen-bond acceptors (Lipinski definition) is 6. The Hall–Kier alpha value is -1.66. The SMILES string of the molecule is COC1CCC(Nc2snc(N)c2-c2cccnc2)C1. The van der Waals surface area contributed by atoms with Crippen molar-refractivity contribution < 1.29 is 4.74 Å². The van der Waals surface area contributed by atoms with Gasteiger partial charge >= 0.3 is 0 Å². The van der Waals surface area contributed by atoms with Gasteiger partial charge in [0.2, 0.25) is 0 Å². The van der Waals surface area contributed by atoms with E-state index in [1.165, 1.54) is 11.5 Å². The molecule has 106 valence electrons. The highest BCUT2D eigenvalue weighted by molar-refractivity contribution is 7.11. The molecule has 3 rings (SSSR count). The van der Waals surface area contributed by atoms with E-state index in [9.17, 15) is 0 Å². The minimum Gasteiger partial charge on any atom is -0.382 e. The molecule has 2 heterocycles. The van der Waals surface area contributed by atoms with Crippen molar-refractivity contribution in [2.75, 3.05) is 18.2 Å². The van der Waals surface area contributed by atoms with E-state index >= 15 is 0 Å². The van der Waals surface area contributed by atoms with Gasteiger partial charge < -0.3 is 15.8 Å². The smallest absolute Gasteiger partial charge is 0.147 e. The molecular weight excluding hydrogens is 272 g/mol. The molecule has 1 saturated carbocycles. The van der Waals surface area contributed by atoms with Crippen LogP contribution in [0.3, 0.4) is 0 Å². The van der Waals surface area contributed by atoms with Crippen molar-refractivity contribution in [3.8, 4) is 11.1 Å². The van der Waals surface area contributed by atoms with E-state index in [-0.39, 0.29) is 0 Å². The van der Waals surface area contributed by atoms with Crippen LogP contribution in [0.1, 0.15) is 19.3 Å². The van der Waals surface area contributed by atoms with Crippen LogP contribution in [0.2, 0.25) is 0 Å². The molecule has 1 fully saturated rings. The molecule has 5 nitrogen and oxygen atoms in total. The number of aromatic nitrogens is 2. The molecule has 20 heavy (non-hydrogen) atoms. The second-order valence-corrected chi connectivity index (χ2v) is 5.80. The van der Waals surface area contributed by atoms with Gasteiger partial charge in [-0.05, 0) is 36.9 Å². The molecule has 0 radical (unpaired) electrons. The third kappa shape index (κ3) is 2.62. The molecular formula is C14H18N4OS. The van der Waals surface area contributed by atoms with Crippen LogP contribution in [-0.2, 0) is 4.74 Å². The summed E-state index contributed by atoms with van der Waals surface area (Å²) < 4.78 is 9.68. The highest BCUT2D eigenvalue weighted by Gasteiger charge is 2.26. The monoisotopic (exact) mass is 290 g/mol. The number of anilines is 2. The fourth-order valence-electron chi connectivity index (χ4n) is 2.66. The lowest BCUT2D eigenvalue weighted by Crippen LogP contribution is -2.17. The lowest BCUT2D eigenvalue weighted by atomic mass is 10.1. The van der Waals surface area contributed by atoms with Crippen LogP contribution < -0.4 is 11.1 Å². The predicted octanol–water partition coefficient (Wildman–Crippen LogP) is 2.77. The minimum absolute atomic E-state index is 0.361. The maximum absolute atomic E-state index is 6.01. The molecule has 0 aliphatic heterocycles. The van der Waals surface area contributed by atoms with Crippen LogP contribution in [-0.4, -0.2) is 28.6 Å². The maximum Gasteiger partial charge on any atom is 0.147 e. The minimum atomic E-state index is 0.361. The number of hydrogen-bond donors (Lipinski definition) is 2. The normalized spacial score (nSPS) is 22.1. The molecule has 0 bridgehead atoms. The summed E-state index contributed by atoms with van der Waals surface area (Å²) in [7, 11) is 1.78. The van der Waals surface area contributed by atoms with Gasteiger partial charge in [0, 0.05) is 31.1 Å². The van der Waals surface area contributed by atoms with Gasteiger partial charge in [0.25, 0.3) is 0 Å². The van der Waals surface area contributed by atoms with Crippen LogP contribution in [0.15, 0.2) is 24.5 Å². The Labute approximate surface area is 122 Å². The molecule has 2 atom stereocenters. The van der Waals surface area contributed by atoms with Gasteiger partial charge in [0.05, 0.1) is 11.7 Å². The van der Waals surface area contributed by atoms with E-state index in [0.29, 0.717) is 18.0 Å². The molecule has 0 spiro atoms. The summed E-state index contributed by atoms with van der Waals surface area (Å²) >= 11 is 1.41. The first-order chi connectivity index (χ1) is 9.78. The Morgan fingerprint density at radius 1 is 1.45 bits per heavy atom. The third-order valence-electron chi connectivity index (χ3n) is 3.72. The molecule has 1 aliphatic carbocycles. The van der Waals surface area contributed by atoms with E-state index in [2.05, 4.69) is 14.7 Å². The third-order valence-corrected chi connectivity index (χ3v) is 4.51. The van der Waals surface area contributed by atoms with Gasteiger partial charge in [-0.25, -0.2) is 0 Å². The lowest BCUT2D eigenvalue weighted by molar-refractivity contribution is 0.108. The Kier molecular flexibility index (Phi) is 3.84. The number of nitrogen functional groups attached to an aromatic ring is 1. The van der Waals surface area contributed by atoms with Gasteiger partial charge in [-0.3, -0.25) is 4.98 Å². The topological polar surface area (TPSA) is 73.1 Å². The number of nitrogens with two attached hydrogens (primary N) is 1. The highest BCUT2D eigenvalue weighted by Crippen LogP contribution is 2.38. The quantitative estimate of drug-likeness (QED) is 0.905. The molecule has 2 unspecified atom stereocenters. The van der Waals surface area contributed by atoms with Crippen molar-refractivity contribution in [1.29, 1.82) is 0 Å². The first kappa shape index (κ1) is 13.3. The van der Waals surface area contributed by atoms with E-state index in [0.717, 1.165) is 35.4 Å². The molecule has 6 heteroatoms. The van der Waals surface area contributed by atoms with Crippen molar-refractivity contribution in [3.63, 3.8) is 0 Å². The van der Waals surface area contributed by atoms with Gasteiger partial charge in [-0.2, -0.15) is 4.37 Å². The zero-order valence-corrected chi connectivity index (χ0v) is 12.2. The average molecular weight is 290 g/mol. The molecule has 0 amide bonds. The van der Waals surface area contributed by atoms with E-state index in [1.807, 2.05) is 18.3 Å². The predicted molar refractivity (Wildman–Crippen MR) is 81.8 cm³/mol. The second-order valence-electron chi connectivity index (χ2n) is 5.03. The second kappa shape index (κ2) is 5.76. The van der Waals surface area contributed by atoms with Crippen molar-refractivity contribution >= 4 is 22.4 Å². The number of pyridine rings is 1. The first-order valence-electron chi connectivity index (χ1n) is 6.73. The number of ether oxygens (including phenoxy) is 1. The van der Waals surface area contributed by atoms with Gasteiger partial charge in [0.15, 0.2) is 0 Å². The van der Waals surface area contributed by atoms with Crippen LogP contribution in [0.25, 0.3) is 11.1 Å². The molecule has 2 aromatic heterocycles. The fraction of sp³-hybridized carbons (Fsp3) is 0.429. The summed E-state index contributed by atoms with van der Waals surface area (Å²) in [6.45, 7) is 0. The largest absolute Gasteiger partial charge is 0.382 e. The lowest BCUT2D eigenvalue weighted by Gasteiger charge is -2.14. The summed E-state index contributed by atoms with van der Waals surface area (Å²) in [4.78, 5) is 4.15. The van der Waals surface area contributed by atoms with Gasteiger partial charge in [-0.1, -0.05) is 6.07 Å². The van der Waals surface area contributed by atoms with Crippen LogP contribution >= 0.6 is 11.5 Å². The fourth-order valence-corrected chi connectivity index (χ4v) is 3.48. The van der Waals surface area contributed by atoms with E-state index in [1.54, 1.807) is 13.3 Å². The van der Waals surface area contributed by atoms with Crippen molar-refractivity contribution in [1.82, 2.24) is 9.36 Å². The van der Waals surface area contributed by atoms with Gasteiger partial charge in [0.1, 0.15) is 10.8 Å². The Morgan fingerprint density at radius 2 is 2.35 bits per heavy atom. The van der Waals surface area contributed by atoms with Crippen molar-refractivity contribution in [2.45, 2.75) is 31.4 Å². The molecule has 3 N–H and O–H groups in total. The summed E-state index contributed by atoms with van der Waals surface area (Å²) in [6.07, 6.45) is 7.18. The summed E-state index contributed by atoms with van der Waals surface area (Å²) in [5.41, 5.74) is 7.97. The maximum atomic E-state index is 6.01.